The molecule has 12 nitrogen and oxygen atoms in total. The Hall–Kier alpha value is -4.09. The number of hydrazine groups is 1. The van der Waals surface area contributed by atoms with Crippen molar-refractivity contribution in [2.45, 2.75) is 52.5 Å². The van der Waals surface area contributed by atoms with Crippen molar-refractivity contribution in [3.8, 4) is 11.5 Å². The van der Waals surface area contributed by atoms with E-state index in [0.717, 1.165) is 12.8 Å². The summed E-state index contributed by atoms with van der Waals surface area (Å²) >= 11 is 0. The number of nitrogens with one attached hydrogen (secondary N) is 2. The highest BCUT2D eigenvalue weighted by Gasteiger charge is 2.22. The van der Waals surface area contributed by atoms with Crippen LogP contribution in [0.25, 0.3) is 0 Å². The van der Waals surface area contributed by atoms with E-state index in [4.69, 9.17) is 19.9 Å². The SMILES string of the molecule is COC(=O)[C@H](CCCN=C(N)N[N+](=O)[O-])NC(=O)c1ccc(OC/C=C(\C)CCC=C(C)C)c(OC)c1. The molecule has 0 spiro atoms. The minimum Gasteiger partial charge on any atom is -0.493 e. The zero-order valence-electron chi connectivity index (χ0n) is 22.0. The summed E-state index contributed by atoms with van der Waals surface area (Å²) in [5, 5.41) is 12.1. The van der Waals surface area contributed by atoms with Gasteiger partial charge in [-0.1, -0.05) is 22.6 Å². The van der Waals surface area contributed by atoms with Gasteiger partial charge in [-0.15, -0.1) is 0 Å². The average molecular weight is 520 g/mol. The molecule has 4 N–H and O–H groups in total. The van der Waals surface area contributed by atoms with E-state index in [9.17, 15) is 19.7 Å². The molecule has 0 unspecified atom stereocenters. The molecule has 0 heterocycles. The zero-order chi connectivity index (χ0) is 27.8. The second-order valence-corrected chi connectivity index (χ2v) is 8.37. The van der Waals surface area contributed by atoms with Crippen LogP contribution in [0, 0.1) is 10.1 Å². The number of aliphatic imine (C=N–C) groups is 1. The number of methoxy groups -OCH3 is 2. The number of nitrogens with two attached hydrogens (primary N) is 1. The minimum absolute atomic E-state index is 0.110. The molecular weight excluding hydrogens is 482 g/mol. The fourth-order valence-corrected chi connectivity index (χ4v) is 3.15. The Morgan fingerprint density at radius 2 is 1.92 bits per heavy atom. The van der Waals surface area contributed by atoms with Gasteiger partial charge in [-0.05, 0) is 70.7 Å². The molecule has 0 saturated carbocycles. The molecule has 0 fully saturated rings. The van der Waals surface area contributed by atoms with Gasteiger partial charge in [-0.3, -0.25) is 4.79 Å². The summed E-state index contributed by atoms with van der Waals surface area (Å²) in [5.41, 5.74) is 9.85. The van der Waals surface area contributed by atoms with Gasteiger partial charge in [0.2, 0.25) is 0 Å². The van der Waals surface area contributed by atoms with E-state index in [0.29, 0.717) is 24.5 Å². The van der Waals surface area contributed by atoms with Crippen LogP contribution in [-0.2, 0) is 9.53 Å². The first-order valence-corrected chi connectivity index (χ1v) is 11.8. The van der Waals surface area contributed by atoms with Gasteiger partial charge >= 0.3 is 5.97 Å². The topological polar surface area (TPSA) is 167 Å². The van der Waals surface area contributed by atoms with E-state index in [1.54, 1.807) is 17.6 Å². The average Bonchev–Trinajstić information content (AvgIpc) is 2.84. The van der Waals surface area contributed by atoms with Crippen LogP contribution in [0.1, 0.15) is 56.8 Å². The van der Waals surface area contributed by atoms with Crippen LogP contribution >= 0.6 is 0 Å². The van der Waals surface area contributed by atoms with Crippen molar-refractivity contribution in [2.24, 2.45) is 10.7 Å². The van der Waals surface area contributed by atoms with Crippen molar-refractivity contribution in [3.05, 3.63) is 57.2 Å². The molecule has 204 valence electrons. The third kappa shape index (κ3) is 12.4. The van der Waals surface area contributed by atoms with E-state index < -0.39 is 23.0 Å². The predicted octanol–water partition coefficient (Wildman–Crippen LogP) is 2.91. The Kier molecular flexibility index (Phi) is 13.8. The van der Waals surface area contributed by atoms with Crippen LogP contribution in [0.4, 0.5) is 0 Å². The van der Waals surface area contributed by atoms with Gasteiger partial charge in [0.25, 0.3) is 11.9 Å². The first kappa shape index (κ1) is 30.9. The molecule has 0 aromatic heterocycles. The lowest BCUT2D eigenvalue weighted by Gasteiger charge is -2.17. The molecule has 1 amide bonds. The largest absolute Gasteiger partial charge is 0.493 e. The Labute approximate surface area is 217 Å². The van der Waals surface area contributed by atoms with Crippen LogP contribution in [0.15, 0.2) is 46.5 Å². The van der Waals surface area contributed by atoms with Gasteiger partial charge in [-0.2, -0.15) is 0 Å². The van der Waals surface area contributed by atoms with Crippen LogP contribution in [0.2, 0.25) is 0 Å². The molecule has 1 aromatic rings. The molecule has 0 radical (unpaired) electrons. The number of benzene rings is 1. The highest BCUT2D eigenvalue weighted by Crippen LogP contribution is 2.28. The lowest BCUT2D eigenvalue weighted by atomic mass is 10.1. The third-order valence-corrected chi connectivity index (χ3v) is 5.12. The number of guanidine groups is 1. The summed E-state index contributed by atoms with van der Waals surface area (Å²) in [7, 11) is 2.69. The quantitative estimate of drug-likeness (QED) is 0.0600. The Morgan fingerprint density at radius 3 is 2.54 bits per heavy atom. The number of rotatable bonds is 15. The molecule has 37 heavy (non-hydrogen) atoms. The maximum atomic E-state index is 12.8. The molecule has 0 aliphatic heterocycles. The second kappa shape index (κ2) is 16.6. The van der Waals surface area contributed by atoms with Crippen LogP contribution < -0.4 is 25.9 Å². The molecule has 1 rings (SSSR count). The Bertz CT molecular complexity index is 1020. The van der Waals surface area contributed by atoms with Crippen molar-refractivity contribution < 1.29 is 28.8 Å². The summed E-state index contributed by atoms with van der Waals surface area (Å²) < 4.78 is 16.0. The van der Waals surface area contributed by atoms with E-state index in [1.807, 2.05) is 6.08 Å². The van der Waals surface area contributed by atoms with Crippen LogP contribution in [-0.4, -0.2) is 56.3 Å². The van der Waals surface area contributed by atoms with E-state index >= 15 is 0 Å². The second-order valence-electron chi connectivity index (χ2n) is 8.37. The number of nitrogens with zero attached hydrogens (tertiary/aromatic N) is 2. The van der Waals surface area contributed by atoms with Crippen molar-refractivity contribution in [1.29, 1.82) is 0 Å². The van der Waals surface area contributed by atoms with Crippen molar-refractivity contribution >= 4 is 17.8 Å². The van der Waals surface area contributed by atoms with Gasteiger partial charge < -0.3 is 25.3 Å². The lowest BCUT2D eigenvalue weighted by Crippen LogP contribution is -2.41. The minimum atomic E-state index is -0.946. The first-order valence-electron chi connectivity index (χ1n) is 11.8. The number of carbonyl (C=O) groups excluding carboxylic acids is 2. The number of hydrogen-bond acceptors (Lipinski definition) is 8. The molecule has 1 aromatic carbocycles. The van der Waals surface area contributed by atoms with E-state index in [1.165, 1.54) is 31.4 Å². The fraction of sp³-hybridized carbons (Fsp3) is 0.480. The van der Waals surface area contributed by atoms with Crippen molar-refractivity contribution in [3.63, 3.8) is 0 Å². The number of hydrogen-bond donors (Lipinski definition) is 3. The standard InChI is InChI=1S/C25H37N5O7/c1-17(2)8-6-9-18(3)13-15-37-21-12-11-19(16-22(21)35-4)23(31)28-20(24(32)36-5)10-7-14-27-25(26)29-30(33)34/h8,11-13,16,20H,6-7,9-10,14-15H2,1-5H3,(H,28,31)(H3,26,27,29)/b18-13+/t20-/m0/s1. The number of amides is 1. The summed E-state index contributed by atoms with van der Waals surface area (Å²) in [6, 6.07) is 3.78. The highest BCUT2D eigenvalue weighted by atomic mass is 16.7. The van der Waals surface area contributed by atoms with Crippen molar-refractivity contribution in [2.75, 3.05) is 27.4 Å². The maximum Gasteiger partial charge on any atom is 0.328 e. The Balaban J connectivity index is 2.77. The summed E-state index contributed by atoms with van der Waals surface area (Å²) in [6.07, 6.45) is 6.62. The number of esters is 1. The third-order valence-electron chi connectivity index (χ3n) is 5.12. The van der Waals surface area contributed by atoms with Gasteiger partial charge in [0, 0.05) is 12.1 Å². The summed E-state index contributed by atoms with van der Waals surface area (Å²) in [4.78, 5) is 39.1. The molecular formula is C25H37N5O7. The fourth-order valence-electron chi connectivity index (χ4n) is 3.15. The van der Waals surface area contributed by atoms with Gasteiger partial charge in [0.05, 0.1) is 14.2 Å². The van der Waals surface area contributed by atoms with Gasteiger partial charge in [0.15, 0.2) is 16.5 Å². The molecule has 1 atom stereocenters. The molecule has 0 aliphatic carbocycles. The smallest absolute Gasteiger partial charge is 0.328 e. The Morgan fingerprint density at radius 1 is 1.19 bits per heavy atom. The number of allylic oxidation sites excluding steroid dienone is 3. The lowest BCUT2D eigenvalue weighted by molar-refractivity contribution is -0.525. The molecule has 0 bridgehead atoms. The first-order chi connectivity index (χ1) is 17.6. The summed E-state index contributed by atoms with van der Waals surface area (Å²) in [6.45, 7) is 6.66. The van der Waals surface area contributed by atoms with Crippen LogP contribution in [0.5, 0.6) is 11.5 Å². The predicted molar refractivity (Wildman–Crippen MR) is 140 cm³/mol. The molecule has 0 aliphatic rings. The highest BCUT2D eigenvalue weighted by molar-refractivity contribution is 5.97. The van der Waals surface area contributed by atoms with E-state index in [-0.39, 0.29) is 24.5 Å². The molecule has 12 heteroatoms. The van der Waals surface area contributed by atoms with E-state index in [2.05, 4.69) is 37.2 Å². The van der Waals surface area contributed by atoms with Crippen LogP contribution in [0.3, 0.4) is 0 Å². The molecule has 0 saturated heterocycles. The van der Waals surface area contributed by atoms with Gasteiger partial charge in [0.1, 0.15) is 12.6 Å². The van der Waals surface area contributed by atoms with Crippen molar-refractivity contribution in [1.82, 2.24) is 10.7 Å². The normalized spacial score (nSPS) is 12.2. The summed E-state index contributed by atoms with van der Waals surface area (Å²) in [5.74, 6) is -0.634. The maximum absolute atomic E-state index is 12.8. The monoisotopic (exact) mass is 519 g/mol. The number of nitro groups is 1. The number of ether oxygens (including phenoxy) is 3. The van der Waals surface area contributed by atoms with Gasteiger partial charge in [-0.25, -0.2) is 19.9 Å². The zero-order valence-corrected chi connectivity index (χ0v) is 22.0. The number of carbonyl (C=O) groups is 2.